The third kappa shape index (κ3) is 4.72. The van der Waals surface area contributed by atoms with Gasteiger partial charge in [0.05, 0.1) is 6.42 Å². The number of hydrogen-bond donors (Lipinski definition) is 2. The number of carboxylic acids is 1. The lowest BCUT2D eigenvalue weighted by atomic mass is 9.69. The van der Waals surface area contributed by atoms with Crippen molar-refractivity contribution in [2.75, 3.05) is 6.54 Å². The van der Waals surface area contributed by atoms with E-state index >= 15 is 0 Å². The first-order valence-electron chi connectivity index (χ1n) is 8.42. The van der Waals surface area contributed by atoms with E-state index < -0.39 is 5.97 Å². The summed E-state index contributed by atoms with van der Waals surface area (Å²) in [5, 5.41) is 12.2. The maximum Gasteiger partial charge on any atom is 0.303 e. The molecule has 0 aromatic heterocycles. The SMILES string of the molecule is CC1(CNC(=O)CC2(CC(=O)O)CCCCC2)CCCC1. The number of rotatable bonds is 6. The smallest absolute Gasteiger partial charge is 0.303 e. The van der Waals surface area contributed by atoms with Gasteiger partial charge in [0.2, 0.25) is 5.91 Å². The van der Waals surface area contributed by atoms with Crippen molar-refractivity contribution in [1.29, 1.82) is 0 Å². The first kappa shape index (κ1) is 16.3. The van der Waals surface area contributed by atoms with E-state index in [0.717, 1.165) is 32.2 Å². The van der Waals surface area contributed by atoms with E-state index in [2.05, 4.69) is 12.2 Å². The molecule has 0 spiro atoms. The summed E-state index contributed by atoms with van der Waals surface area (Å²) in [5.74, 6) is -0.723. The molecule has 0 bridgehead atoms. The van der Waals surface area contributed by atoms with Crippen LogP contribution in [0.3, 0.4) is 0 Å². The summed E-state index contributed by atoms with van der Waals surface area (Å²) in [6, 6.07) is 0. The maximum absolute atomic E-state index is 12.3. The van der Waals surface area contributed by atoms with E-state index in [0.29, 0.717) is 6.42 Å². The number of carboxylic acid groups (broad SMARTS) is 1. The Bertz CT molecular complexity index is 379. The molecule has 2 saturated carbocycles. The van der Waals surface area contributed by atoms with Gasteiger partial charge in [-0.05, 0) is 36.5 Å². The van der Waals surface area contributed by atoms with Crippen molar-refractivity contribution < 1.29 is 14.7 Å². The number of hydrogen-bond acceptors (Lipinski definition) is 2. The minimum absolute atomic E-state index is 0.0475. The fourth-order valence-electron chi connectivity index (χ4n) is 4.16. The van der Waals surface area contributed by atoms with E-state index in [1.165, 1.54) is 32.1 Å². The zero-order valence-corrected chi connectivity index (χ0v) is 13.2. The van der Waals surface area contributed by atoms with Crippen molar-refractivity contribution >= 4 is 11.9 Å². The quantitative estimate of drug-likeness (QED) is 0.788. The van der Waals surface area contributed by atoms with E-state index in [1.54, 1.807) is 0 Å². The average molecular weight is 295 g/mol. The van der Waals surface area contributed by atoms with Crippen LogP contribution in [0, 0.1) is 10.8 Å². The molecule has 4 nitrogen and oxygen atoms in total. The molecule has 21 heavy (non-hydrogen) atoms. The van der Waals surface area contributed by atoms with Gasteiger partial charge in [-0.1, -0.05) is 39.0 Å². The molecule has 4 heteroatoms. The van der Waals surface area contributed by atoms with Crippen LogP contribution >= 0.6 is 0 Å². The van der Waals surface area contributed by atoms with Crippen molar-refractivity contribution in [2.24, 2.45) is 10.8 Å². The van der Waals surface area contributed by atoms with E-state index in [1.807, 2.05) is 0 Å². The van der Waals surface area contributed by atoms with Gasteiger partial charge in [0.1, 0.15) is 0 Å². The Morgan fingerprint density at radius 3 is 2.10 bits per heavy atom. The second-order valence-corrected chi connectivity index (χ2v) is 7.60. The lowest BCUT2D eigenvalue weighted by Crippen LogP contribution is -2.39. The van der Waals surface area contributed by atoms with Gasteiger partial charge >= 0.3 is 5.97 Å². The summed E-state index contributed by atoms with van der Waals surface area (Å²) in [7, 11) is 0. The summed E-state index contributed by atoms with van der Waals surface area (Å²) in [6.07, 6.45) is 10.4. The molecule has 0 saturated heterocycles. The molecule has 0 aliphatic heterocycles. The molecule has 0 aromatic carbocycles. The fraction of sp³-hybridized carbons (Fsp3) is 0.882. The van der Waals surface area contributed by atoms with Gasteiger partial charge < -0.3 is 10.4 Å². The van der Waals surface area contributed by atoms with Crippen LogP contribution in [0.15, 0.2) is 0 Å². The van der Waals surface area contributed by atoms with Crippen LogP contribution in [0.2, 0.25) is 0 Å². The highest BCUT2D eigenvalue weighted by Crippen LogP contribution is 2.42. The second-order valence-electron chi connectivity index (χ2n) is 7.60. The van der Waals surface area contributed by atoms with Gasteiger partial charge in [-0.3, -0.25) is 9.59 Å². The molecule has 2 fully saturated rings. The van der Waals surface area contributed by atoms with Gasteiger partial charge in [0.15, 0.2) is 0 Å². The van der Waals surface area contributed by atoms with Crippen LogP contribution < -0.4 is 5.32 Å². The molecule has 0 heterocycles. The average Bonchev–Trinajstić information content (AvgIpc) is 2.84. The maximum atomic E-state index is 12.3. The van der Waals surface area contributed by atoms with Crippen LogP contribution in [0.1, 0.15) is 77.6 Å². The number of aliphatic carboxylic acids is 1. The van der Waals surface area contributed by atoms with Crippen molar-refractivity contribution in [1.82, 2.24) is 5.32 Å². The van der Waals surface area contributed by atoms with E-state index in [4.69, 9.17) is 5.11 Å². The summed E-state index contributed by atoms with van der Waals surface area (Å²) in [6.45, 7) is 2.99. The molecule has 0 unspecified atom stereocenters. The normalized spacial score (nSPS) is 23.7. The zero-order valence-electron chi connectivity index (χ0n) is 13.2. The summed E-state index contributed by atoms with van der Waals surface area (Å²) < 4.78 is 0. The van der Waals surface area contributed by atoms with Gasteiger partial charge in [0.25, 0.3) is 0 Å². The second kappa shape index (κ2) is 6.80. The highest BCUT2D eigenvalue weighted by Gasteiger charge is 2.37. The molecule has 0 radical (unpaired) electrons. The van der Waals surface area contributed by atoms with Gasteiger partial charge in [-0.15, -0.1) is 0 Å². The van der Waals surface area contributed by atoms with Crippen LogP contribution in [0.5, 0.6) is 0 Å². The molecular formula is C17H29NO3. The third-order valence-corrected chi connectivity index (χ3v) is 5.50. The molecule has 0 aromatic rings. The monoisotopic (exact) mass is 295 g/mol. The lowest BCUT2D eigenvalue weighted by molar-refractivity contribution is -0.141. The molecule has 0 atom stereocenters. The number of nitrogens with one attached hydrogen (secondary N) is 1. The van der Waals surface area contributed by atoms with Crippen LogP contribution in [-0.4, -0.2) is 23.5 Å². The summed E-state index contributed by atoms with van der Waals surface area (Å²) in [5.41, 5.74) is -0.0487. The Balaban J connectivity index is 1.87. The zero-order chi connectivity index (χ0) is 15.3. The minimum atomic E-state index is -0.771. The van der Waals surface area contributed by atoms with Gasteiger partial charge in [0, 0.05) is 13.0 Å². The Hall–Kier alpha value is -1.06. The van der Waals surface area contributed by atoms with Crippen LogP contribution in [0.4, 0.5) is 0 Å². The lowest BCUT2D eigenvalue weighted by Gasteiger charge is -2.36. The van der Waals surface area contributed by atoms with Crippen LogP contribution in [0.25, 0.3) is 0 Å². The van der Waals surface area contributed by atoms with Crippen LogP contribution in [-0.2, 0) is 9.59 Å². The Morgan fingerprint density at radius 2 is 1.52 bits per heavy atom. The first-order chi connectivity index (χ1) is 9.93. The number of amides is 1. The predicted molar refractivity (Wildman–Crippen MR) is 82.0 cm³/mol. The Kier molecular flexibility index (Phi) is 5.28. The molecular weight excluding hydrogens is 266 g/mol. The van der Waals surface area contributed by atoms with E-state index in [-0.39, 0.29) is 23.2 Å². The standard InChI is InChI=1S/C17H29NO3/c1-16(7-5-6-8-16)13-18-14(19)11-17(12-15(20)21)9-3-2-4-10-17/h2-13H2,1H3,(H,18,19)(H,20,21). The highest BCUT2D eigenvalue weighted by molar-refractivity contribution is 5.78. The molecule has 2 aliphatic rings. The minimum Gasteiger partial charge on any atom is -0.481 e. The topological polar surface area (TPSA) is 66.4 Å². The summed E-state index contributed by atoms with van der Waals surface area (Å²) >= 11 is 0. The number of carbonyl (C=O) groups is 2. The highest BCUT2D eigenvalue weighted by atomic mass is 16.4. The number of carbonyl (C=O) groups excluding carboxylic acids is 1. The largest absolute Gasteiger partial charge is 0.481 e. The van der Waals surface area contributed by atoms with Gasteiger partial charge in [-0.25, -0.2) is 0 Å². The Morgan fingerprint density at radius 1 is 0.952 bits per heavy atom. The molecule has 120 valence electrons. The van der Waals surface area contributed by atoms with E-state index in [9.17, 15) is 9.59 Å². The third-order valence-electron chi connectivity index (χ3n) is 5.50. The van der Waals surface area contributed by atoms with Crippen molar-refractivity contribution in [3.8, 4) is 0 Å². The molecule has 2 rings (SSSR count). The van der Waals surface area contributed by atoms with Crippen molar-refractivity contribution in [3.05, 3.63) is 0 Å². The Labute approximate surface area is 127 Å². The van der Waals surface area contributed by atoms with Crippen molar-refractivity contribution in [2.45, 2.75) is 77.6 Å². The predicted octanol–water partition coefficient (Wildman–Crippen LogP) is 3.50. The summed E-state index contributed by atoms with van der Waals surface area (Å²) in [4.78, 5) is 23.4. The fourth-order valence-corrected chi connectivity index (χ4v) is 4.16. The molecule has 2 N–H and O–H groups in total. The molecule has 1 amide bonds. The van der Waals surface area contributed by atoms with Crippen molar-refractivity contribution in [3.63, 3.8) is 0 Å². The first-order valence-corrected chi connectivity index (χ1v) is 8.42. The van der Waals surface area contributed by atoms with Gasteiger partial charge in [-0.2, -0.15) is 0 Å². The molecule has 2 aliphatic carbocycles.